The van der Waals surface area contributed by atoms with Crippen molar-refractivity contribution < 1.29 is 9.53 Å². The number of carbonyl (C=O) groups excluding carboxylic acids is 1. The molecule has 0 aromatic carbocycles. The number of cyclic esters (lactones) is 1. The summed E-state index contributed by atoms with van der Waals surface area (Å²) >= 11 is 0. The first-order valence-electron chi connectivity index (χ1n) is 5.73. The molecule has 0 radical (unpaired) electrons. The topological polar surface area (TPSA) is 38.3 Å². The highest BCUT2D eigenvalue weighted by molar-refractivity contribution is 5.69. The molecule has 1 N–H and O–H groups in total. The lowest BCUT2D eigenvalue weighted by molar-refractivity contribution is 0.170. The van der Waals surface area contributed by atoms with Crippen LogP contribution in [-0.4, -0.2) is 18.7 Å². The summed E-state index contributed by atoms with van der Waals surface area (Å²) in [5.74, 6) is 1.58. The summed E-state index contributed by atoms with van der Waals surface area (Å²) < 4.78 is 4.92. The number of hydrogen-bond donors (Lipinski definition) is 1. The smallest absolute Gasteiger partial charge is 0.407 e. The van der Waals surface area contributed by atoms with E-state index in [2.05, 4.69) is 12.2 Å². The molecule has 2 fully saturated rings. The predicted octanol–water partition coefficient (Wildman–Crippen LogP) is 2.31. The van der Waals surface area contributed by atoms with Gasteiger partial charge in [-0.3, -0.25) is 0 Å². The lowest BCUT2D eigenvalue weighted by Crippen LogP contribution is -2.36. The summed E-state index contributed by atoms with van der Waals surface area (Å²) in [6, 6.07) is 0.292. The van der Waals surface area contributed by atoms with Gasteiger partial charge in [-0.1, -0.05) is 26.2 Å². The van der Waals surface area contributed by atoms with Crippen molar-refractivity contribution in [3.8, 4) is 0 Å². The molecule has 1 aliphatic carbocycles. The molecule has 1 saturated carbocycles. The number of amides is 1. The van der Waals surface area contributed by atoms with E-state index in [0.29, 0.717) is 18.6 Å². The van der Waals surface area contributed by atoms with Crippen LogP contribution in [0.15, 0.2) is 0 Å². The van der Waals surface area contributed by atoms with Gasteiger partial charge in [-0.15, -0.1) is 0 Å². The van der Waals surface area contributed by atoms with Crippen molar-refractivity contribution in [1.82, 2.24) is 5.32 Å². The van der Waals surface area contributed by atoms with Gasteiger partial charge < -0.3 is 10.1 Å². The zero-order chi connectivity index (χ0) is 9.97. The Labute approximate surface area is 85.2 Å². The van der Waals surface area contributed by atoms with Gasteiger partial charge in [-0.2, -0.15) is 0 Å². The minimum atomic E-state index is -0.229. The SMILES string of the molecule is CCC1CCC(C2COC(=O)N2)CC1. The van der Waals surface area contributed by atoms with Crippen LogP contribution in [0.3, 0.4) is 0 Å². The van der Waals surface area contributed by atoms with Crippen LogP contribution >= 0.6 is 0 Å². The summed E-state index contributed by atoms with van der Waals surface area (Å²) in [7, 11) is 0. The Morgan fingerprint density at radius 2 is 2.07 bits per heavy atom. The molecule has 0 bridgehead atoms. The molecule has 3 heteroatoms. The van der Waals surface area contributed by atoms with Crippen LogP contribution in [0.5, 0.6) is 0 Å². The molecule has 0 aromatic heterocycles. The molecule has 1 amide bonds. The van der Waals surface area contributed by atoms with Crippen LogP contribution < -0.4 is 5.32 Å². The van der Waals surface area contributed by atoms with Crippen molar-refractivity contribution >= 4 is 6.09 Å². The summed E-state index contributed by atoms with van der Waals surface area (Å²) in [5.41, 5.74) is 0. The van der Waals surface area contributed by atoms with Crippen LogP contribution in [0.25, 0.3) is 0 Å². The molecule has 0 aromatic rings. The van der Waals surface area contributed by atoms with E-state index in [0.717, 1.165) is 5.92 Å². The fraction of sp³-hybridized carbons (Fsp3) is 0.909. The van der Waals surface area contributed by atoms with Gasteiger partial charge in [-0.25, -0.2) is 4.79 Å². The molecular weight excluding hydrogens is 178 g/mol. The average molecular weight is 197 g/mol. The lowest BCUT2D eigenvalue weighted by atomic mass is 9.78. The fourth-order valence-electron chi connectivity index (χ4n) is 2.65. The molecule has 0 spiro atoms. The highest BCUT2D eigenvalue weighted by Gasteiger charge is 2.32. The molecule has 1 unspecified atom stereocenters. The molecular formula is C11H19NO2. The van der Waals surface area contributed by atoms with Crippen molar-refractivity contribution in [3.05, 3.63) is 0 Å². The zero-order valence-electron chi connectivity index (χ0n) is 8.79. The first-order chi connectivity index (χ1) is 6.79. The second-order valence-electron chi connectivity index (χ2n) is 4.54. The number of carbonyl (C=O) groups is 1. The molecule has 1 aliphatic heterocycles. The first kappa shape index (κ1) is 9.81. The molecule has 3 nitrogen and oxygen atoms in total. The van der Waals surface area contributed by atoms with E-state index in [9.17, 15) is 4.79 Å². The normalized spacial score (nSPS) is 37.8. The fourth-order valence-corrected chi connectivity index (χ4v) is 2.65. The Morgan fingerprint density at radius 3 is 2.57 bits per heavy atom. The van der Waals surface area contributed by atoms with Gasteiger partial charge in [-0.05, 0) is 24.7 Å². The standard InChI is InChI=1S/C11H19NO2/c1-2-8-3-5-9(6-4-8)10-7-14-11(13)12-10/h8-10H,2-7H2,1H3,(H,12,13). The van der Waals surface area contributed by atoms with Crippen LogP contribution in [0.1, 0.15) is 39.0 Å². The maximum Gasteiger partial charge on any atom is 0.407 e. The van der Waals surface area contributed by atoms with Crippen LogP contribution in [0.2, 0.25) is 0 Å². The third kappa shape index (κ3) is 2.02. The van der Waals surface area contributed by atoms with Gasteiger partial charge in [0, 0.05) is 0 Å². The molecule has 2 rings (SSSR count). The lowest BCUT2D eigenvalue weighted by Gasteiger charge is -2.30. The van der Waals surface area contributed by atoms with E-state index >= 15 is 0 Å². The van der Waals surface area contributed by atoms with E-state index in [-0.39, 0.29) is 6.09 Å². The summed E-state index contributed by atoms with van der Waals surface area (Å²) in [4.78, 5) is 10.9. The molecule has 80 valence electrons. The summed E-state index contributed by atoms with van der Waals surface area (Å²) in [5, 5.41) is 2.90. The van der Waals surface area contributed by atoms with E-state index in [1.807, 2.05) is 0 Å². The van der Waals surface area contributed by atoms with Crippen LogP contribution in [0.4, 0.5) is 4.79 Å². The van der Waals surface area contributed by atoms with E-state index in [1.165, 1.54) is 32.1 Å². The van der Waals surface area contributed by atoms with Gasteiger partial charge in [0.05, 0.1) is 6.04 Å². The van der Waals surface area contributed by atoms with Crippen LogP contribution in [-0.2, 0) is 4.74 Å². The monoisotopic (exact) mass is 197 g/mol. The Balaban J connectivity index is 1.80. The third-order valence-corrected chi connectivity index (χ3v) is 3.74. The second-order valence-corrected chi connectivity index (χ2v) is 4.54. The number of rotatable bonds is 2. The molecule has 14 heavy (non-hydrogen) atoms. The van der Waals surface area contributed by atoms with Gasteiger partial charge in [0.1, 0.15) is 6.61 Å². The average Bonchev–Trinajstić information content (AvgIpc) is 2.65. The maximum absolute atomic E-state index is 10.9. The Kier molecular flexibility index (Phi) is 2.94. The number of hydrogen-bond acceptors (Lipinski definition) is 2. The van der Waals surface area contributed by atoms with Gasteiger partial charge in [0.15, 0.2) is 0 Å². The van der Waals surface area contributed by atoms with Crippen molar-refractivity contribution in [3.63, 3.8) is 0 Å². The molecule has 1 saturated heterocycles. The number of alkyl carbamates (subject to hydrolysis) is 1. The van der Waals surface area contributed by atoms with Gasteiger partial charge in [0.2, 0.25) is 0 Å². The zero-order valence-corrected chi connectivity index (χ0v) is 8.79. The second kappa shape index (κ2) is 4.20. The highest BCUT2D eigenvalue weighted by Crippen LogP contribution is 2.33. The van der Waals surface area contributed by atoms with Crippen molar-refractivity contribution in [2.24, 2.45) is 11.8 Å². The summed E-state index contributed by atoms with van der Waals surface area (Å²) in [6.07, 6.45) is 6.24. The Hall–Kier alpha value is -0.730. The third-order valence-electron chi connectivity index (χ3n) is 3.74. The van der Waals surface area contributed by atoms with Crippen molar-refractivity contribution in [1.29, 1.82) is 0 Å². The Bertz CT molecular complexity index is 209. The van der Waals surface area contributed by atoms with Crippen molar-refractivity contribution in [2.45, 2.75) is 45.1 Å². The quantitative estimate of drug-likeness (QED) is 0.737. The first-order valence-corrected chi connectivity index (χ1v) is 5.73. The Morgan fingerprint density at radius 1 is 1.36 bits per heavy atom. The summed E-state index contributed by atoms with van der Waals surface area (Å²) in [6.45, 7) is 2.85. The largest absolute Gasteiger partial charge is 0.447 e. The molecule has 1 atom stereocenters. The van der Waals surface area contributed by atoms with E-state index in [4.69, 9.17) is 4.74 Å². The van der Waals surface area contributed by atoms with E-state index in [1.54, 1.807) is 0 Å². The minimum absolute atomic E-state index is 0.229. The number of ether oxygens (including phenoxy) is 1. The molecule has 2 aliphatic rings. The maximum atomic E-state index is 10.9. The number of nitrogens with one attached hydrogen (secondary N) is 1. The molecule has 1 heterocycles. The van der Waals surface area contributed by atoms with E-state index < -0.39 is 0 Å². The van der Waals surface area contributed by atoms with Crippen LogP contribution in [0, 0.1) is 11.8 Å². The minimum Gasteiger partial charge on any atom is -0.447 e. The predicted molar refractivity (Wildman–Crippen MR) is 54.0 cm³/mol. The van der Waals surface area contributed by atoms with Crippen molar-refractivity contribution in [2.75, 3.05) is 6.61 Å². The van der Waals surface area contributed by atoms with Gasteiger partial charge >= 0.3 is 6.09 Å². The van der Waals surface area contributed by atoms with Gasteiger partial charge in [0.25, 0.3) is 0 Å². The highest BCUT2D eigenvalue weighted by atomic mass is 16.6.